The molecule has 4 saturated heterocycles. The summed E-state index contributed by atoms with van der Waals surface area (Å²) >= 11 is 0. The molecule has 308 valence electrons. The Morgan fingerprint density at radius 1 is 0.944 bits per heavy atom. The molecule has 0 radical (unpaired) electrons. The first-order chi connectivity index (χ1) is 25.4. The zero-order valence-corrected chi connectivity index (χ0v) is 33.6. The number of hydrogen-bond acceptors (Lipinski definition) is 12. The normalized spacial score (nSPS) is 42.6. The van der Waals surface area contributed by atoms with Gasteiger partial charge in [-0.1, -0.05) is 41.5 Å². The number of carboxylic acid groups (broad SMARTS) is 1. The maximum atomic E-state index is 14.4. The number of nitrogens with two attached hydrogens (primary N) is 1. The van der Waals surface area contributed by atoms with E-state index in [0.717, 1.165) is 6.42 Å². The number of carboxylic acids is 1. The lowest BCUT2D eigenvalue weighted by Gasteiger charge is -2.54. The number of aliphatic carboxylic acids is 1. The van der Waals surface area contributed by atoms with Gasteiger partial charge in [0, 0.05) is 31.1 Å². The van der Waals surface area contributed by atoms with Crippen LogP contribution in [0.3, 0.4) is 0 Å². The number of esters is 1. The number of carbonyl (C=O) groups excluding carboxylic acids is 2. The van der Waals surface area contributed by atoms with Crippen molar-refractivity contribution in [3.8, 4) is 0 Å². The van der Waals surface area contributed by atoms with Crippen molar-refractivity contribution in [3.63, 3.8) is 0 Å². The van der Waals surface area contributed by atoms with Crippen LogP contribution in [0.15, 0.2) is 12.2 Å². The van der Waals surface area contributed by atoms with Gasteiger partial charge in [-0.25, -0.2) is 0 Å². The molecule has 5 aliphatic heterocycles. The SMILES string of the molecule is CC[C@@H](C(=O)[C@@H](C)[C@@H](O)[C@H](N)[C@H]1CCC[C@H]([C@@H](CC)C(=O)O)O1)[C@H]1O[C@@]2(C=C[C@@H](OC(C)=O)[C@]3(CCC([C@H]4CC[C@](O)(CC)[C@H](C)O4)O3)O2)[C@H](C)C[C@@H]1C. The number of ketones is 1. The van der Waals surface area contributed by atoms with E-state index in [4.69, 9.17) is 34.2 Å². The van der Waals surface area contributed by atoms with Crippen LogP contribution in [0.1, 0.15) is 126 Å². The van der Waals surface area contributed by atoms with Crippen LogP contribution in [-0.4, -0.2) is 105 Å². The molecule has 13 nitrogen and oxygen atoms in total. The average molecular weight is 766 g/mol. The van der Waals surface area contributed by atoms with E-state index in [-0.39, 0.29) is 35.9 Å². The van der Waals surface area contributed by atoms with Gasteiger partial charge in [0.1, 0.15) is 5.78 Å². The lowest BCUT2D eigenvalue weighted by Crippen LogP contribution is -2.63. The molecule has 1 unspecified atom stereocenters. The molecule has 5 N–H and O–H groups in total. The average Bonchev–Trinajstić information content (AvgIpc) is 3.56. The molecule has 17 atom stereocenters. The Morgan fingerprint density at radius 3 is 2.22 bits per heavy atom. The quantitative estimate of drug-likeness (QED) is 0.148. The lowest BCUT2D eigenvalue weighted by atomic mass is 9.73. The molecule has 5 aliphatic rings. The number of aliphatic hydroxyl groups excluding tert-OH is 1. The van der Waals surface area contributed by atoms with Gasteiger partial charge in [-0.3, -0.25) is 14.4 Å². The Labute approximate surface area is 321 Å². The molecular formula is C41H67NO12. The molecule has 13 heteroatoms. The smallest absolute Gasteiger partial charge is 0.309 e. The van der Waals surface area contributed by atoms with Crippen LogP contribution >= 0.6 is 0 Å². The van der Waals surface area contributed by atoms with Crippen molar-refractivity contribution >= 4 is 17.7 Å². The Kier molecular flexibility index (Phi) is 13.8. The lowest BCUT2D eigenvalue weighted by molar-refractivity contribution is -0.401. The van der Waals surface area contributed by atoms with Gasteiger partial charge >= 0.3 is 11.9 Å². The largest absolute Gasteiger partial charge is 0.481 e. The second-order valence-corrected chi connectivity index (χ2v) is 17.0. The van der Waals surface area contributed by atoms with Crippen LogP contribution in [0.4, 0.5) is 0 Å². The van der Waals surface area contributed by atoms with Crippen molar-refractivity contribution in [3.05, 3.63) is 12.2 Å². The molecule has 0 amide bonds. The van der Waals surface area contributed by atoms with Gasteiger partial charge in [-0.2, -0.15) is 0 Å². The van der Waals surface area contributed by atoms with E-state index in [1.54, 1.807) is 19.1 Å². The predicted octanol–water partition coefficient (Wildman–Crippen LogP) is 4.81. The van der Waals surface area contributed by atoms with Crippen molar-refractivity contribution in [2.24, 2.45) is 35.3 Å². The van der Waals surface area contributed by atoms with E-state index in [0.29, 0.717) is 64.2 Å². The molecule has 0 bridgehead atoms. The Morgan fingerprint density at radius 2 is 1.61 bits per heavy atom. The van der Waals surface area contributed by atoms with Crippen LogP contribution in [0.5, 0.6) is 0 Å². The summed E-state index contributed by atoms with van der Waals surface area (Å²) < 4.78 is 39.0. The zero-order valence-electron chi connectivity index (χ0n) is 33.6. The number of rotatable bonds is 13. The number of hydrogen-bond donors (Lipinski definition) is 4. The molecule has 0 aromatic rings. The summed E-state index contributed by atoms with van der Waals surface area (Å²) in [4.78, 5) is 38.5. The zero-order chi connectivity index (χ0) is 39.7. The molecule has 0 aromatic heterocycles. The highest BCUT2D eigenvalue weighted by Crippen LogP contribution is 2.52. The van der Waals surface area contributed by atoms with Crippen molar-refractivity contribution in [2.75, 3.05) is 0 Å². The minimum absolute atomic E-state index is 0.0344. The monoisotopic (exact) mass is 765 g/mol. The van der Waals surface area contributed by atoms with Gasteiger partial charge in [0.25, 0.3) is 0 Å². The molecule has 0 aliphatic carbocycles. The molecule has 2 spiro atoms. The fourth-order valence-electron chi connectivity index (χ4n) is 9.91. The minimum Gasteiger partial charge on any atom is -0.481 e. The number of carbonyl (C=O) groups is 3. The predicted molar refractivity (Wildman–Crippen MR) is 198 cm³/mol. The Hall–Kier alpha value is -1.97. The van der Waals surface area contributed by atoms with Gasteiger partial charge in [-0.15, -0.1) is 0 Å². The molecular weight excluding hydrogens is 698 g/mol. The van der Waals surface area contributed by atoms with Crippen LogP contribution < -0.4 is 5.73 Å². The van der Waals surface area contributed by atoms with Crippen LogP contribution in [-0.2, 0) is 42.8 Å². The summed E-state index contributed by atoms with van der Waals surface area (Å²) in [5, 5.41) is 32.2. The van der Waals surface area contributed by atoms with Crippen molar-refractivity contribution in [1.29, 1.82) is 0 Å². The number of aliphatic hydroxyl groups is 2. The summed E-state index contributed by atoms with van der Waals surface area (Å²) in [6, 6.07) is -0.881. The third-order valence-corrected chi connectivity index (χ3v) is 13.5. The van der Waals surface area contributed by atoms with E-state index in [1.807, 2.05) is 34.6 Å². The van der Waals surface area contributed by atoms with Crippen molar-refractivity contribution < 1.29 is 58.1 Å². The van der Waals surface area contributed by atoms with E-state index in [1.165, 1.54) is 6.92 Å². The highest BCUT2D eigenvalue weighted by molar-refractivity contribution is 5.84. The number of ether oxygens (including phenoxy) is 6. The van der Waals surface area contributed by atoms with E-state index >= 15 is 0 Å². The van der Waals surface area contributed by atoms with Crippen molar-refractivity contribution in [1.82, 2.24) is 0 Å². The van der Waals surface area contributed by atoms with Gasteiger partial charge in [0.15, 0.2) is 11.9 Å². The first-order valence-electron chi connectivity index (χ1n) is 20.6. The standard InChI is InChI=1S/C41H67NO12/c1-9-27(38(46)47)29-13-12-14-32(51-29)34(42)36(45)24(6)35(44)28(10-2)37-22(4)21-23(5)40(53-37)20-17-33(50-26(8)43)41(54-40)19-16-31(52-41)30-15-18-39(48,11-3)25(7)49-30/h17,20,22-25,27-34,36-37,45,48H,9-16,18-19,21,42H2,1-8H3,(H,46,47)/t22-,23+,24+,25-,27+,28-,29+,30+,31?,32+,33+,34+,36+,37-,39+,40+,41-/m0/s1. The Bertz CT molecular complexity index is 1360. The summed E-state index contributed by atoms with van der Waals surface area (Å²) in [7, 11) is 0. The first kappa shape index (κ1) is 43.2. The summed E-state index contributed by atoms with van der Waals surface area (Å²) in [6.07, 6.45) is 5.13. The first-order valence-corrected chi connectivity index (χ1v) is 20.6. The fourth-order valence-corrected chi connectivity index (χ4v) is 9.91. The maximum Gasteiger partial charge on any atom is 0.309 e. The van der Waals surface area contributed by atoms with E-state index in [9.17, 15) is 29.7 Å². The van der Waals surface area contributed by atoms with Gasteiger partial charge in [-0.05, 0) is 89.2 Å². The van der Waals surface area contributed by atoms with Crippen molar-refractivity contribution in [2.45, 2.75) is 198 Å². The second-order valence-electron chi connectivity index (χ2n) is 17.0. The summed E-state index contributed by atoms with van der Waals surface area (Å²) in [5.74, 6) is -6.49. The van der Waals surface area contributed by atoms with Crippen LogP contribution in [0.25, 0.3) is 0 Å². The van der Waals surface area contributed by atoms with Gasteiger partial charge < -0.3 is 49.5 Å². The fraction of sp³-hybridized carbons (Fsp3) is 0.878. The highest BCUT2D eigenvalue weighted by Gasteiger charge is 2.61. The van der Waals surface area contributed by atoms with Crippen LogP contribution in [0.2, 0.25) is 0 Å². The third-order valence-electron chi connectivity index (χ3n) is 13.5. The number of Topliss-reactive ketones (excluding diaryl/α,β-unsaturated/α-hetero) is 1. The molecule has 54 heavy (non-hydrogen) atoms. The third kappa shape index (κ3) is 8.49. The second kappa shape index (κ2) is 17.3. The molecule has 0 saturated carbocycles. The van der Waals surface area contributed by atoms with E-state index in [2.05, 4.69) is 6.92 Å². The molecule has 4 fully saturated rings. The molecule has 5 rings (SSSR count). The summed E-state index contributed by atoms with van der Waals surface area (Å²) in [6.45, 7) is 14.7. The summed E-state index contributed by atoms with van der Waals surface area (Å²) in [5.41, 5.74) is 5.70. The highest BCUT2D eigenvalue weighted by atomic mass is 16.8. The topological polar surface area (TPSA) is 193 Å². The van der Waals surface area contributed by atoms with E-state index < -0.39 is 83.4 Å². The molecule has 5 heterocycles. The van der Waals surface area contributed by atoms with Gasteiger partial charge in [0.2, 0.25) is 5.79 Å². The molecule has 0 aromatic carbocycles. The van der Waals surface area contributed by atoms with Gasteiger partial charge in [0.05, 0.1) is 60.3 Å². The maximum absolute atomic E-state index is 14.4. The Balaban J connectivity index is 1.33. The van der Waals surface area contributed by atoms with Crippen LogP contribution in [0, 0.1) is 29.6 Å². The minimum atomic E-state index is -1.35.